The molecular weight excluding hydrogens is 254 g/mol. The molecule has 1 aliphatic carbocycles. The van der Waals surface area contributed by atoms with E-state index in [2.05, 4.69) is 45.8 Å². The average molecular weight is 273 g/mol. The Morgan fingerprint density at radius 2 is 2.26 bits per heavy atom. The zero-order valence-corrected chi connectivity index (χ0v) is 12.0. The van der Waals surface area contributed by atoms with Gasteiger partial charge in [-0.2, -0.15) is 0 Å². The predicted molar refractivity (Wildman–Crippen MR) is 80.5 cm³/mol. The highest BCUT2D eigenvalue weighted by molar-refractivity contribution is 7.09. The van der Waals surface area contributed by atoms with Crippen molar-refractivity contribution in [3.8, 4) is 0 Å². The van der Waals surface area contributed by atoms with Gasteiger partial charge in [-0.25, -0.2) is 4.98 Å². The molecule has 0 amide bonds. The molecule has 4 heteroatoms. The van der Waals surface area contributed by atoms with Crippen LogP contribution in [0.3, 0.4) is 0 Å². The summed E-state index contributed by atoms with van der Waals surface area (Å²) in [5, 5.41) is 5.69. The van der Waals surface area contributed by atoms with Crippen LogP contribution >= 0.6 is 11.3 Å². The Morgan fingerprint density at radius 3 is 3.00 bits per heavy atom. The molecule has 0 aromatic carbocycles. The highest BCUT2D eigenvalue weighted by Crippen LogP contribution is 2.23. The highest BCUT2D eigenvalue weighted by Gasteiger charge is 2.21. The molecule has 0 radical (unpaired) electrons. The van der Waals surface area contributed by atoms with Crippen LogP contribution in [-0.4, -0.2) is 18.1 Å². The minimum absolute atomic E-state index is 0.732. The Morgan fingerprint density at radius 1 is 1.37 bits per heavy atom. The van der Waals surface area contributed by atoms with Gasteiger partial charge in [-0.1, -0.05) is 12.1 Å². The Hall–Kier alpha value is -1.39. The Kier molecular flexibility index (Phi) is 3.80. The van der Waals surface area contributed by atoms with Gasteiger partial charge in [0, 0.05) is 36.3 Å². The quantitative estimate of drug-likeness (QED) is 0.877. The molecule has 0 spiro atoms. The van der Waals surface area contributed by atoms with Crippen molar-refractivity contribution in [3.05, 3.63) is 46.3 Å². The van der Waals surface area contributed by atoms with Crippen LogP contribution in [0.15, 0.2) is 35.8 Å². The Labute approximate surface area is 118 Å². The molecule has 1 aliphatic rings. The fourth-order valence-corrected chi connectivity index (χ4v) is 2.92. The molecule has 0 bridgehead atoms. The number of aromatic nitrogens is 1. The minimum Gasteiger partial charge on any atom is -0.354 e. The van der Waals surface area contributed by atoms with Crippen LogP contribution in [0.5, 0.6) is 0 Å². The largest absolute Gasteiger partial charge is 0.354 e. The first-order valence-electron chi connectivity index (χ1n) is 6.74. The van der Waals surface area contributed by atoms with Crippen molar-refractivity contribution in [1.29, 1.82) is 0 Å². The molecular formula is C15H19N3S. The lowest BCUT2D eigenvalue weighted by Gasteiger charge is -2.20. The first-order valence-corrected chi connectivity index (χ1v) is 7.61. The second-order valence-electron chi connectivity index (χ2n) is 5.08. The van der Waals surface area contributed by atoms with Crippen molar-refractivity contribution in [2.45, 2.75) is 32.0 Å². The number of nitrogens with zero attached hydrogens (tertiary/aromatic N) is 2. The zero-order valence-electron chi connectivity index (χ0n) is 11.2. The molecule has 19 heavy (non-hydrogen) atoms. The lowest BCUT2D eigenvalue weighted by molar-refractivity contribution is 0.683. The number of thiophene rings is 1. The van der Waals surface area contributed by atoms with Gasteiger partial charge in [0.05, 0.1) is 6.54 Å². The third-order valence-corrected chi connectivity index (χ3v) is 4.22. The number of anilines is 1. The van der Waals surface area contributed by atoms with Crippen LogP contribution in [0.25, 0.3) is 0 Å². The number of nitrogens with one attached hydrogen (secondary N) is 1. The summed E-state index contributed by atoms with van der Waals surface area (Å²) in [4.78, 5) is 8.15. The van der Waals surface area contributed by atoms with Crippen LogP contribution in [0, 0.1) is 0 Å². The molecule has 100 valence electrons. The first kappa shape index (κ1) is 12.6. The van der Waals surface area contributed by atoms with Crippen molar-refractivity contribution in [1.82, 2.24) is 10.3 Å². The average Bonchev–Trinajstić information content (AvgIpc) is 3.13. The molecule has 0 atom stereocenters. The molecule has 2 aromatic rings. The van der Waals surface area contributed by atoms with Crippen LogP contribution < -0.4 is 10.2 Å². The van der Waals surface area contributed by atoms with Crippen LogP contribution in [0.2, 0.25) is 0 Å². The third kappa shape index (κ3) is 3.33. The fraction of sp³-hybridized carbons (Fsp3) is 0.400. The van der Waals surface area contributed by atoms with Gasteiger partial charge in [0.15, 0.2) is 0 Å². The van der Waals surface area contributed by atoms with Crippen molar-refractivity contribution >= 4 is 17.2 Å². The monoisotopic (exact) mass is 273 g/mol. The second-order valence-corrected chi connectivity index (χ2v) is 6.11. The smallest absolute Gasteiger partial charge is 0.133 e. The first-order chi connectivity index (χ1) is 9.33. The molecule has 3 rings (SSSR count). The molecule has 1 fully saturated rings. The van der Waals surface area contributed by atoms with E-state index in [0.717, 1.165) is 24.9 Å². The van der Waals surface area contributed by atoms with E-state index >= 15 is 0 Å². The van der Waals surface area contributed by atoms with Gasteiger partial charge in [-0.15, -0.1) is 11.3 Å². The third-order valence-electron chi connectivity index (χ3n) is 3.36. The van der Waals surface area contributed by atoms with Gasteiger partial charge < -0.3 is 10.2 Å². The van der Waals surface area contributed by atoms with E-state index in [9.17, 15) is 0 Å². The van der Waals surface area contributed by atoms with E-state index in [-0.39, 0.29) is 0 Å². The Balaban J connectivity index is 1.70. The number of hydrogen-bond acceptors (Lipinski definition) is 4. The summed E-state index contributed by atoms with van der Waals surface area (Å²) in [6.07, 6.45) is 4.52. The summed E-state index contributed by atoms with van der Waals surface area (Å²) in [6, 6.07) is 9.19. The maximum Gasteiger partial charge on any atom is 0.133 e. The van der Waals surface area contributed by atoms with Gasteiger partial charge in [-0.3, -0.25) is 0 Å². The normalized spacial score (nSPS) is 14.6. The van der Waals surface area contributed by atoms with E-state index < -0.39 is 0 Å². The number of pyridine rings is 1. The molecule has 0 unspecified atom stereocenters. The highest BCUT2D eigenvalue weighted by atomic mass is 32.1. The molecule has 2 aromatic heterocycles. The van der Waals surface area contributed by atoms with E-state index in [1.807, 2.05) is 12.3 Å². The molecule has 0 aliphatic heterocycles. The molecule has 1 N–H and O–H groups in total. The van der Waals surface area contributed by atoms with Crippen molar-refractivity contribution in [2.24, 2.45) is 0 Å². The van der Waals surface area contributed by atoms with Gasteiger partial charge in [0.2, 0.25) is 0 Å². The molecule has 3 nitrogen and oxygen atoms in total. The zero-order chi connectivity index (χ0) is 13.1. The molecule has 2 heterocycles. The van der Waals surface area contributed by atoms with Crippen LogP contribution in [0.1, 0.15) is 23.3 Å². The maximum absolute atomic E-state index is 4.55. The summed E-state index contributed by atoms with van der Waals surface area (Å²) < 4.78 is 0. The molecule has 1 saturated carbocycles. The van der Waals surface area contributed by atoms with E-state index in [1.54, 1.807) is 11.3 Å². The van der Waals surface area contributed by atoms with E-state index in [0.29, 0.717) is 0 Å². The fourth-order valence-electron chi connectivity index (χ4n) is 2.16. The van der Waals surface area contributed by atoms with Crippen molar-refractivity contribution < 1.29 is 0 Å². The Bertz CT molecular complexity index is 520. The SMILES string of the molecule is CN(Cc1cccs1)c1ncccc1CNC1CC1. The molecule has 0 saturated heterocycles. The van der Waals surface area contributed by atoms with Crippen LogP contribution in [0.4, 0.5) is 5.82 Å². The topological polar surface area (TPSA) is 28.2 Å². The predicted octanol–water partition coefficient (Wildman–Crippen LogP) is 3.03. The lowest BCUT2D eigenvalue weighted by atomic mass is 10.2. The van der Waals surface area contributed by atoms with Gasteiger partial charge in [0.25, 0.3) is 0 Å². The summed E-state index contributed by atoms with van der Waals surface area (Å²) in [7, 11) is 2.11. The number of hydrogen-bond donors (Lipinski definition) is 1. The summed E-state index contributed by atoms with van der Waals surface area (Å²) >= 11 is 1.79. The van der Waals surface area contributed by atoms with Gasteiger partial charge in [0.1, 0.15) is 5.82 Å². The second kappa shape index (κ2) is 5.72. The van der Waals surface area contributed by atoms with Gasteiger partial charge >= 0.3 is 0 Å². The standard InChI is InChI=1S/C15H19N3S/c1-18(11-14-5-3-9-19-14)15-12(4-2-8-16-15)10-17-13-6-7-13/h2-5,8-9,13,17H,6-7,10-11H2,1H3. The summed E-state index contributed by atoms with van der Waals surface area (Å²) in [5.74, 6) is 1.09. The maximum atomic E-state index is 4.55. The van der Waals surface area contributed by atoms with Gasteiger partial charge in [-0.05, 0) is 30.4 Å². The van der Waals surface area contributed by atoms with Crippen LogP contribution in [-0.2, 0) is 13.1 Å². The van der Waals surface area contributed by atoms with Crippen molar-refractivity contribution in [2.75, 3.05) is 11.9 Å². The number of rotatable bonds is 6. The van der Waals surface area contributed by atoms with E-state index in [1.165, 1.54) is 23.3 Å². The summed E-state index contributed by atoms with van der Waals surface area (Å²) in [5.41, 5.74) is 1.29. The lowest BCUT2D eigenvalue weighted by Crippen LogP contribution is -2.22. The minimum atomic E-state index is 0.732. The summed E-state index contributed by atoms with van der Waals surface area (Å²) in [6.45, 7) is 1.84. The van der Waals surface area contributed by atoms with Crippen molar-refractivity contribution in [3.63, 3.8) is 0 Å². The van der Waals surface area contributed by atoms with E-state index in [4.69, 9.17) is 0 Å².